The van der Waals surface area contributed by atoms with Crippen LogP contribution in [-0.4, -0.2) is 10.9 Å². The normalized spacial score (nSPS) is 10.6. The fourth-order valence-electron chi connectivity index (χ4n) is 1.95. The third-order valence-electron chi connectivity index (χ3n) is 3.12. The average molecular weight is 440 g/mol. The fourth-order valence-corrected chi connectivity index (χ4v) is 3.99. The van der Waals surface area contributed by atoms with Gasteiger partial charge in [-0.15, -0.1) is 11.3 Å². The molecule has 3 aromatic rings. The Labute approximate surface area is 150 Å². The maximum absolute atomic E-state index is 12.1. The van der Waals surface area contributed by atoms with Crippen molar-refractivity contribution < 1.29 is 4.79 Å². The Hall–Kier alpha value is -1.25. The number of aryl methyl sites for hydroxylation is 1. The van der Waals surface area contributed by atoms with Gasteiger partial charge in [0.05, 0.1) is 12.1 Å². The van der Waals surface area contributed by atoms with Crippen LogP contribution in [0.15, 0.2) is 40.4 Å². The largest absolute Gasteiger partial charge is 0.326 e. The van der Waals surface area contributed by atoms with E-state index in [2.05, 4.69) is 45.2 Å². The number of amides is 1. The first-order valence-corrected chi connectivity index (χ1v) is 9.55. The Morgan fingerprint density at radius 3 is 2.91 bits per heavy atom. The van der Waals surface area contributed by atoms with Crippen molar-refractivity contribution in [3.63, 3.8) is 0 Å². The van der Waals surface area contributed by atoms with Gasteiger partial charge in [-0.3, -0.25) is 4.79 Å². The number of hydrogen-bond donors (Lipinski definition) is 1. The minimum absolute atomic E-state index is 0.0400. The quantitative estimate of drug-likeness (QED) is 0.583. The van der Waals surface area contributed by atoms with E-state index in [0.29, 0.717) is 6.42 Å². The van der Waals surface area contributed by atoms with E-state index in [-0.39, 0.29) is 5.91 Å². The van der Waals surface area contributed by atoms with Gasteiger partial charge < -0.3 is 5.32 Å². The minimum atomic E-state index is -0.0400. The van der Waals surface area contributed by atoms with Crippen LogP contribution >= 0.6 is 45.3 Å². The van der Waals surface area contributed by atoms with Gasteiger partial charge in [-0.1, -0.05) is 6.07 Å². The molecule has 1 aromatic carbocycles. The SMILES string of the molecule is Cc1ccc(NC(=O)Cc2csc(-c3ccsc3)n2)cc1I. The highest BCUT2D eigenvalue weighted by Crippen LogP contribution is 2.26. The molecular weight excluding hydrogens is 427 g/mol. The Balaban J connectivity index is 1.65. The third kappa shape index (κ3) is 3.74. The third-order valence-corrected chi connectivity index (χ3v) is 5.90. The first-order valence-electron chi connectivity index (χ1n) is 6.65. The summed E-state index contributed by atoms with van der Waals surface area (Å²) in [6.07, 6.45) is 0.297. The van der Waals surface area contributed by atoms with Crippen molar-refractivity contribution in [1.82, 2.24) is 4.98 Å². The molecule has 0 saturated carbocycles. The molecule has 1 amide bonds. The number of carbonyl (C=O) groups is 1. The zero-order valence-electron chi connectivity index (χ0n) is 11.8. The maximum Gasteiger partial charge on any atom is 0.230 e. The van der Waals surface area contributed by atoms with E-state index in [4.69, 9.17) is 0 Å². The molecule has 3 rings (SSSR count). The molecule has 0 saturated heterocycles. The lowest BCUT2D eigenvalue weighted by molar-refractivity contribution is -0.115. The van der Waals surface area contributed by atoms with Crippen molar-refractivity contribution in [3.8, 4) is 10.6 Å². The lowest BCUT2D eigenvalue weighted by atomic mass is 10.2. The van der Waals surface area contributed by atoms with E-state index in [1.807, 2.05) is 35.0 Å². The van der Waals surface area contributed by atoms with E-state index in [1.165, 1.54) is 5.56 Å². The fraction of sp³-hybridized carbons (Fsp3) is 0.125. The standard InChI is InChI=1S/C16H13IN2OS2/c1-10-2-3-12(6-14(10)17)18-15(20)7-13-9-22-16(19-13)11-4-5-21-8-11/h2-6,8-9H,7H2,1H3,(H,18,20). The van der Waals surface area contributed by atoms with Crippen molar-refractivity contribution in [3.05, 3.63) is 55.2 Å². The van der Waals surface area contributed by atoms with Gasteiger partial charge in [0.25, 0.3) is 0 Å². The van der Waals surface area contributed by atoms with Crippen molar-refractivity contribution in [1.29, 1.82) is 0 Å². The van der Waals surface area contributed by atoms with Crippen LogP contribution in [0.25, 0.3) is 10.6 Å². The van der Waals surface area contributed by atoms with Crippen LogP contribution in [0.5, 0.6) is 0 Å². The van der Waals surface area contributed by atoms with E-state index < -0.39 is 0 Å². The molecule has 0 atom stereocenters. The second-order valence-electron chi connectivity index (χ2n) is 4.84. The van der Waals surface area contributed by atoms with Crippen LogP contribution in [0.4, 0.5) is 5.69 Å². The molecule has 6 heteroatoms. The van der Waals surface area contributed by atoms with Crippen molar-refractivity contribution in [2.75, 3.05) is 5.32 Å². The number of hydrogen-bond acceptors (Lipinski definition) is 4. The molecule has 2 heterocycles. The number of aromatic nitrogens is 1. The Morgan fingerprint density at radius 2 is 2.18 bits per heavy atom. The molecule has 0 fully saturated rings. The van der Waals surface area contributed by atoms with Gasteiger partial charge in [0.2, 0.25) is 5.91 Å². The topological polar surface area (TPSA) is 42.0 Å². The summed E-state index contributed by atoms with van der Waals surface area (Å²) < 4.78 is 1.14. The van der Waals surface area contributed by atoms with Gasteiger partial charge in [-0.25, -0.2) is 4.98 Å². The lowest BCUT2D eigenvalue weighted by Crippen LogP contribution is -2.14. The van der Waals surface area contributed by atoms with Gasteiger partial charge in [0.1, 0.15) is 5.01 Å². The summed E-state index contributed by atoms with van der Waals surface area (Å²) in [5, 5.41) is 9.94. The van der Waals surface area contributed by atoms with Gasteiger partial charge in [-0.2, -0.15) is 11.3 Å². The molecule has 2 aromatic heterocycles. The lowest BCUT2D eigenvalue weighted by Gasteiger charge is -2.06. The Bertz CT molecular complexity index is 796. The zero-order chi connectivity index (χ0) is 15.5. The number of anilines is 1. The zero-order valence-corrected chi connectivity index (χ0v) is 15.6. The summed E-state index contributed by atoms with van der Waals surface area (Å²) in [5.74, 6) is -0.0400. The first kappa shape index (κ1) is 15.6. The number of benzene rings is 1. The van der Waals surface area contributed by atoms with Crippen molar-refractivity contribution in [2.24, 2.45) is 0 Å². The summed E-state index contributed by atoms with van der Waals surface area (Å²) in [6.45, 7) is 2.05. The van der Waals surface area contributed by atoms with Crippen molar-refractivity contribution >= 4 is 56.9 Å². The number of thiophene rings is 1. The number of nitrogens with one attached hydrogen (secondary N) is 1. The second kappa shape index (κ2) is 6.89. The van der Waals surface area contributed by atoms with Crippen LogP contribution in [-0.2, 0) is 11.2 Å². The number of halogens is 1. The van der Waals surface area contributed by atoms with Gasteiger partial charge in [0, 0.05) is 25.6 Å². The van der Waals surface area contributed by atoms with Crippen LogP contribution < -0.4 is 5.32 Å². The predicted molar refractivity (Wildman–Crippen MR) is 102 cm³/mol. The number of rotatable bonds is 4. The molecule has 0 spiro atoms. The van der Waals surface area contributed by atoms with Crippen LogP contribution in [0, 0.1) is 10.5 Å². The van der Waals surface area contributed by atoms with E-state index in [1.54, 1.807) is 22.7 Å². The highest BCUT2D eigenvalue weighted by molar-refractivity contribution is 14.1. The molecule has 0 aliphatic rings. The van der Waals surface area contributed by atoms with E-state index >= 15 is 0 Å². The first-order chi connectivity index (χ1) is 10.6. The van der Waals surface area contributed by atoms with Crippen LogP contribution in [0.3, 0.4) is 0 Å². The summed E-state index contributed by atoms with van der Waals surface area (Å²) >= 11 is 5.49. The van der Waals surface area contributed by atoms with Gasteiger partial charge in [-0.05, 0) is 58.7 Å². The van der Waals surface area contributed by atoms with E-state index in [0.717, 1.165) is 25.5 Å². The summed E-state index contributed by atoms with van der Waals surface area (Å²) in [4.78, 5) is 16.7. The average Bonchev–Trinajstić information content (AvgIpc) is 3.13. The summed E-state index contributed by atoms with van der Waals surface area (Å²) in [7, 11) is 0. The maximum atomic E-state index is 12.1. The van der Waals surface area contributed by atoms with Gasteiger partial charge in [0.15, 0.2) is 0 Å². The molecule has 1 N–H and O–H groups in total. The van der Waals surface area contributed by atoms with Crippen molar-refractivity contribution in [2.45, 2.75) is 13.3 Å². The molecule has 3 nitrogen and oxygen atoms in total. The molecule has 0 radical (unpaired) electrons. The second-order valence-corrected chi connectivity index (χ2v) is 7.65. The number of thiazole rings is 1. The highest BCUT2D eigenvalue weighted by atomic mass is 127. The summed E-state index contributed by atoms with van der Waals surface area (Å²) in [5.41, 5.74) is 3.96. The molecule has 0 aliphatic carbocycles. The monoisotopic (exact) mass is 440 g/mol. The number of carbonyl (C=O) groups excluding carboxylic acids is 1. The smallest absolute Gasteiger partial charge is 0.230 e. The Morgan fingerprint density at radius 1 is 1.32 bits per heavy atom. The highest BCUT2D eigenvalue weighted by Gasteiger charge is 2.10. The Kier molecular flexibility index (Phi) is 4.90. The predicted octanol–water partition coefficient (Wildman–Crippen LogP) is 4.97. The molecule has 112 valence electrons. The van der Waals surface area contributed by atoms with E-state index in [9.17, 15) is 4.79 Å². The van der Waals surface area contributed by atoms with Gasteiger partial charge >= 0.3 is 0 Å². The van der Waals surface area contributed by atoms with Crippen LogP contribution in [0.1, 0.15) is 11.3 Å². The molecular formula is C16H13IN2OS2. The summed E-state index contributed by atoms with van der Waals surface area (Å²) in [6, 6.07) is 7.95. The number of nitrogens with zero attached hydrogens (tertiary/aromatic N) is 1. The molecule has 0 bridgehead atoms. The molecule has 22 heavy (non-hydrogen) atoms. The molecule has 0 unspecified atom stereocenters. The minimum Gasteiger partial charge on any atom is -0.326 e. The van der Waals surface area contributed by atoms with Crippen LogP contribution in [0.2, 0.25) is 0 Å². The molecule has 0 aliphatic heterocycles.